The first-order valence-electron chi connectivity index (χ1n) is 3.87. The van der Waals surface area contributed by atoms with Crippen molar-refractivity contribution in [3.8, 4) is 0 Å². The average Bonchev–Trinajstić information content (AvgIpc) is 2.10. The number of hydrogen-bond donors (Lipinski definition) is 4. The average molecular weight is 251 g/mol. The van der Waals surface area contributed by atoms with Crippen molar-refractivity contribution in [3.05, 3.63) is 0 Å². The molecule has 0 aromatic carbocycles. The van der Waals surface area contributed by atoms with E-state index in [9.17, 15) is 0 Å². The Morgan fingerprint density at radius 2 is 1.14 bits per heavy atom. The zero-order chi connectivity index (χ0) is 11.2. The third-order valence-corrected chi connectivity index (χ3v) is 0.843. The van der Waals surface area contributed by atoms with Gasteiger partial charge in [0.15, 0.2) is 0 Å². The van der Waals surface area contributed by atoms with Gasteiger partial charge in [-0.3, -0.25) is 0 Å². The van der Waals surface area contributed by atoms with Gasteiger partial charge in [0.25, 0.3) is 0 Å². The Balaban J connectivity index is 0. The molecule has 8 heteroatoms. The number of aliphatic hydroxyl groups excluding tert-OH is 2. The molecule has 4 N–H and O–H groups in total. The van der Waals surface area contributed by atoms with Crippen LogP contribution in [-0.4, -0.2) is 57.9 Å². The van der Waals surface area contributed by atoms with Crippen LogP contribution < -0.4 is 0 Å². The van der Waals surface area contributed by atoms with Crippen LogP contribution in [0.15, 0.2) is 0 Å². The van der Waals surface area contributed by atoms with Crippen LogP contribution in [0.25, 0.3) is 0 Å². The quantitative estimate of drug-likeness (QED) is 0.378. The third kappa shape index (κ3) is 29.6. The molecule has 0 saturated heterocycles. The molecule has 0 bridgehead atoms. The molecular weight excluding hydrogens is 235 g/mol. The zero-order valence-electron chi connectivity index (χ0n) is 7.70. The van der Waals surface area contributed by atoms with Crippen molar-refractivity contribution in [1.82, 2.24) is 0 Å². The van der Waals surface area contributed by atoms with Crippen molar-refractivity contribution in [2.45, 2.75) is 0 Å². The fraction of sp³-hybridized carbons (Fsp3) is 1.00. The van der Waals surface area contributed by atoms with Crippen LogP contribution in [0.2, 0.25) is 0 Å². The molecule has 0 rings (SSSR count). The summed E-state index contributed by atoms with van der Waals surface area (Å²) in [5.74, 6) is 0. The zero-order valence-corrected chi connectivity index (χ0v) is 9.10. The summed E-state index contributed by atoms with van der Waals surface area (Å²) in [6, 6.07) is 0. The van der Waals surface area contributed by atoms with E-state index < -0.39 is 15.8 Å². The van der Waals surface area contributed by atoms with Gasteiger partial charge in [0.05, 0.1) is 39.6 Å². The van der Waals surface area contributed by atoms with E-state index in [0.29, 0.717) is 26.4 Å². The predicted molar refractivity (Wildman–Crippen MR) is 40.9 cm³/mol. The molecule has 0 spiro atoms. The molecule has 14 heavy (non-hydrogen) atoms. The Labute approximate surface area is 87.4 Å². The molecule has 0 atom stereocenters. The standard InChI is InChI=1S/C6H14O4.2H2O.O.V/c7-1-3-9-5-6-10-4-2-8;;;;/h7-8H,1-6H2;2*1H2;;/q;;;;+2/p-2. The molecule has 0 amide bonds. The number of aliphatic hydroxyl groups is 2. The maximum absolute atomic E-state index is 8.78. The summed E-state index contributed by atoms with van der Waals surface area (Å²) in [5.41, 5.74) is 0. The fourth-order valence-corrected chi connectivity index (χ4v) is 0.451. The van der Waals surface area contributed by atoms with Gasteiger partial charge in [0.2, 0.25) is 0 Å². The van der Waals surface area contributed by atoms with E-state index in [1.54, 1.807) is 0 Å². The molecule has 7 nitrogen and oxygen atoms in total. The molecule has 0 radical (unpaired) electrons. The van der Waals surface area contributed by atoms with Crippen LogP contribution >= 0.6 is 0 Å². The normalized spacial score (nSPS) is 9.14. The monoisotopic (exact) mass is 251 g/mol. The Hall–Kier alpha value is 0.144. The van der Waals surface area contributed by atoms with E-state index in [4.69, 9.17) is 31.4 Å². The molecule has 0 aromatic rings. The number of hydrogen-bond acceptors (Lipinski definition) is 5. The maximum atomic E-state index is 8.78. The van der Waals surface area contributed by atoms with Gasteiger partial charge in [0, 0.05) is 0 Å². The van der Waals surface area contributed by atoms with Gasteiger partial charge in [0.1, 0.15) is 0 Å². The summed E-state index contributed by atoms with van der Waals surface area (Å²) in [6.07, 6.45) is 0. The van der Waals surface area contributed by atoms with Gasteiger partial charge in [-0.25, -0.2) is 0 Å². The van der Waals surface area contributed by atoms with E-state index >= 15 is 0 Å². The number of ether oxygens (including phenoxy) is 2. The van der Waals surface area contributed by atoms with Crippen LogP contribution in [0.1, 0.15) is 0 Å². The minimum atomic E-state index is -3.44. The molecule has 0 saturated carbocycles. The van der Waals surface area contributed by atoms with E-state index in [1.807, 2.05) is 0 Å². The topological polar surface area (TPSA) is 116 Å². The molecule has 0 aliphatic carbocycles. The van der Waals surface area contributed by atoms with Crippen LogP contribution in [0.3, 0.4) is 0 Å². The third-order valence-electron chi connectivity index (χ3n) is 0.843. The van der Waals surface area contributed by atoms with Crippen LogP contribution in [0.4, 0.5) is 0 Å². The summed E-state index contributed by atoms with van der Waals surface area (Å²) in [6.45, 7) is 1.73. The van der Waals surface area contributed by atoms with E-state index in [-0.39, 0.29) is 13.2 Å². The van der Waals surface area contributed by atoms with Crippen molar-refractivity contribution < 1.29 is 47.2 Å². The molecule has 0 unspecified atom stereocenters. The van der Waals surface area contributed by atoms with Gasteiger partial charge in [-0.05, 0) is 0 Å². The van der Waals surface area contributed by atoms with Crippen LogP contribution in [-0.2, 0) is 29.0 Å². The summed E-state index contributed by atoms with van der Waals surface area (Å²) in [7, 11) is 0. The number of rotatable bonds is 7. The van der Waals surface area contributed by atoms with Crippen molar-refractivity contribution in [2.75, 3.05) is 39.6 Å². The second-order valence-electron chi connectivity index (χ2n) is 1.92. The summed E-state index contributed by atoms with van der Waals surface area (Å²) in [5, 5.41) is 16.5. The van der Waals surface area contributed by atoms with Gasteiger partial charge < -0.3 is 19.7 Å². The summed E-state index contributed by atoms with van der Waals surface area (Å²) < 4.78 is 32.9. The van der Waals surface area contributed by atoms with Gasteiger partial charge in [-0.1, -0.05) is 0 Å². The minimum absolute atomic E-state index is 0.0417. The molecular formula is C6H16O7V. The molecule has 0 aliphatic rings. The van der Waals surface area contributed by atoms with Gasteiger partial charge in [-0.2, -0.15) is 0 Å². The summed E-state index contributed by atoms with van der Waals surface area (Å²) in [4.78, 5) is 0. The Kier molecular flexibility index (Phi) is 18.5. The molecule has 87 valence electrons. The molecule has 0 aliphatic heterocycles. The Morgan fingerprint density at radius 3 is 1.36 bits per heavy atom. The van der Waals surface area contributed by atoms with Crippen molar-refractivity contribution in [2.24, 2.45) is 0 Å². The Morgan fingerprint density at radius 1 is 0.857 bits per heavy atom. The van der Waals surface area contributed by atoms with Crippen molar-refractivity contribution >= 4 is 0 Å². The first kappa shape index (κ1) is 16.6. The van der Waals surface area contributed by atoms with Crippen LogP contribution in [0, 0.1) is 0 Å². The molecule has 0 aromatic heterocycles. The fourth-order valence-electron chi connectivity index (χ4n) is 0.451. The Bertz CT molecular complexity index is 109. The second-order valence-corrected chi connectivity index (χ2v) is 2.71. The SMILES string of the molecule is OCCOCCOCCO.[O]=[V]([OH])[OH]. The van der Waals surface area contributed by atoms with Crippen molar-refractivity contribution in [3.63, 3.8) is 0 Å². The second kappa shape index (κ2) is 15.6. The molecule has 0 fully saturated rings. The van der Waals surface area contributed by atoms with E-state index in [0.717, 1.165) is 0 Å². The van der Waals surface area contributed by atoms with E-state index in [1.165, 1.54) is 0 Å². The van der Waals surface area contributed by atoms with Crippen LogP contribution in [0.5, 0.6) is 0 Å². The first-order valence-corrected chi connectivity index (χ1v) is 5.69. The summed E-state index contributed by atoms with van der Waals surface area (Å²) >= 11 is -3.44. The van der Waals surface area contributed by atoms with E-state index in [2.05, 4.69) is 0 Å². The predicted octanol–water partition coefficient (Wildman–Crippen LogP) is -2.23. The van der Waals surface area contributed by atoms with Gasteiger partial charge >= 0.3 is 27.5 Å². The van der Waals surface area contributed by atoms with Gasteiger partial charge in [-0.15, -0.1) is 0 Å². The molecule has 0 heterocycles. The van der Waals surface area contributed by atoms with Crippen molar-refractivity contribution in [1.29, 1.82) is 0 Å². The first-order chi connectivity index (χ1) is 6.65.